The zero-order chi connectivity index (χ0) is 10.3. The highest BCUT2D eigenvalue weighted by atomic mass is 35.5. The van der Waals surface area contributed by atoms with E-state index in [2.05, 4.69) is 10.1 Å². The fourth-order valence-corrected chi connectivity index (χ4v) is 2.11. The SMILES string of the molecule is Clc1cc(C2CCOC2)nc2ccnn12. The van der Waals surface area contributed by atoms with E-state index in [4.69, 9.17) is 16.3 Å². The lowest BCUT2D eigenvalue weighted by Crippen LogP contribution is -2.03. The molecular weight excluding hydrogens is 214 g/mol. The van der Waals surface area contributed by atoms with Gasteiger partial charge in [-0.1, -0.05) is 11.6 Å². The summed E-state index contributed by atoms with van der Waals surface area (Å²) in [6.07, 6.45) is 2.72. The minimum Gasteiger partial charge on any atom is -0.381 e. The normalized spacial score (nSPS) is 21.3. The molecule has 78 valence electrons. The molecule has 0 bridgehead atoms. The van der Waals surface area contributed by atoms with Crippen LogP contribution in [0.15, 0.2) is 18.3 Å². The highest BCUT2D eigenvalue weighted by molar-refractivity contribution is 6.29. The number of hydrogen-bond donors (Lipinski definition) is 0. The van der Waals surface area contributed by atoms with Crippen LogP contribution in [0.4, 0.5) is 0 Å². The molecule has 15 heavy (non-hydrogen) atoms. The second-order valence-electron chi connectivity index (χ2n) is 3.67. The van der Waals surface area contributed by atoms with Crippen LogP contribution in [0, 0.1) is 0 Å². The van der Waals surface area contributed by atoms with Gasteiger partial charge in [0.05, 0.1) is 18.5 Å². The van der Waals surface area contributed by atoms with Crippen LogP contribution in [0.3, 0.4) is 0 Å². The van der Waals surface area contributed by atoms with E-state index in [1.165, 1.54) is 0 Å². The van der Waals surface area contributed by atoms with E-state index >= 15 is 0 Å². The summed E-state index contributed by atoms with van der Waals surface area (Å²) >= 11 is 6.10. The maximum atomic E-state index is 6.10. The van der Waals surface area contributed by atoms with E-state index in [0.717, 1.165) is 31.0 Å². The predicted octanol–water partition coefficient (Wildman–Crippen LogP) is 1.89. The predicted molar refractivity (Wildman–Crippen MR) is 56.2 cm³/mol. The Morgan fingerprint density at radius 2 is 2.47 bits per heavy atom. The smallest absolute Gasteiger partial charge is 0.156 e. The van der Waals surface area contributed by atoms with Crippen molar-refractivity contribution in [2.24, 2.45) is 0 Å². The molecule has 0 amide bonds. The van der Waals surface area contributed by atoms with Gasteiger partial charge in [-0.3, -0.25) is 0 Å². The molecule has 0 N–H and O–H groups in total. The Balaban J connectivity index is 2.11. The zero-order valence-corrected chi connectivity index (χ0v) is 8.81. The molecule has 0 aliphatic carbocycles. The Labute approximate surface area is 91.8 Å². The third kappa shape index (κ3) is 1.50. The third-order valence-corrected chi connectivity index (χ3v) is 2.95. The van der Waals surface area contributed by atoms with E-state index in [1.54, 1.807) is 10.7 Å². The Bertz CT molecular complexity index is 490. The van der Waals surface area contributed by atoms with Gasteiger partial charge >= 0.3 is 0 Å². The summed E-state index contributed by atoms with van der Waals surface area (Å²) in [7, 11) is 0. The van der Waals surface area contributed by atoms with Crippen molar-refractivity contribution in [1.82, 2.24) is 14.6 Å². The maximum Gasteiger partial charge on any atom is 0.156 e. The van der Waals surface area contributed by atoms with Gasteiger partial charge in [-0.15, -0.1) is 0 Å². The Hall–Kier alpha value is -1.13. The van der Waals surface area contributed by atoms with Gasteiger partial charge in [0, 0.05) is 18.6 Å². The molecule has 1 fully saturated rings. The minimum absolute atomic E-state index is 0.377. The Morgan fingerprint density at radius 3 is 3.27 bits per heavy atom. The van der Waals surface area contributed by atoms with Crippen molar-refractivity contribution in [3.8, 4) is 0 Å². The van der Waals surface area contributed by atoms with Gasteiger partial charge in [-0.25, -0.2) is 9.50 Å². The summed E-state index contributed by atoms with van der Waals surface area (Å²) in [6.45, 7) is 1.56. The van der Waals surface area contributed by atoms with Crippen molar-refractivity contribution in [1.29, 1.82) is 0 Å². The van der Waals surface area contributed by atoms with Gasteiger partial charge < -0.3 is 4.74 Å². The molecule has 1 aliphatic heterocycles. The molecule has 1 atom stereocenters. The molecule has 4 nitrogen and oxygen atoms in total. The lowest BCUT2D eigenvalue weighted by molar-refractivity contribution is 0.193. The average Bonchev–Trinajstić information content (AvgIpc) is 2.88. The van der Waals surface area contributed by atoms with Crippen molar-refractivity contribution in [3.63, 3.8) is 0 Å². The monoisotopic (exact) mass is 223 g/mol. The van der Waals surface area contributed by atoms with E-state index in [0.29, 0.717) is 11.1 Å². The highest BCUT2D eigenvalue weighted by Gasteiger charge is 2.20. The molecule has 0 aromatic carbocycles. The average molecular weight is 224 g/mol. The number of hydrogen-bond acceptors (Lipinski definition) is 3. The topological polar surface area (TPSA) is 39.4 Å². The number of nitrogens with zero attached hydrogens (tertiary/aromatic N) is 3. The summed E-state index contributed by atoms with van der Waals surface area (Å²) < 4.78 is 6.97. The van der Waals surface area contributed by atoms with Crippen LogP contribution in [-0.4, -0.2) is 27.8 Å². The molecule has 1 saturated heterocycles. The van der Waals surface area contributed by atoms with Gasteiger partial charge in [-0.05, 0) is 12.5 Å². The molecule has 0 spiro atoms. The van der Waals surface area contributed by atoms with E-state index in [-0.39, 0.29) is 0 Å². The molecule has 1 unspecified atom stereocenters. The molecule has 1 aliphatic rings. The molecule has 2 aromatic heterocycles. The van der Waals surface area contributed by atoms with Crippen LogP contribution in [0.5, 0.6) is 0 Å². The first-order valence-electron chi connectivity index (χ1n) is 4.92. The van der Waals surface area contributed by atoms with Crippen LogP contribution in [-0.2, 0) is 4.74 Å². The van der Waals surface area contributed by atoms with E-state index < -0.39 is 0 Å². The minimum atomic E-state index is 0.377. The summed E-state index contributed by atoms with van der Waals surface area (Å²) in [5.74, 6) is 0.377. The maximum absolute atomic E-state index is 6.10. The quantitative estimate of drug-likeness (QED) is 0.693. The van der Waals surface area contributed by atoms with Crippen LogP contribution in [0.1, 0.15) is 18.0 Å². The fraction of sp³-hybridized carbons (Fsp3) is 0.400. The lowest BCUT2D eigenvalue weighted by Gasteiger charge is -2.07. The molecule has 2 aromatic rings. The first kappa shape index (κ1) is 9.12. The number of ether oxygens (including phenoxy) is 1. The molecule has 3 heterocycles. The fourth-order valence-electron chi connectivity index (χ4n) is 1.87. The first-order valence-corrected chi connectivity index (χ1v) is 5.30. The van der Waals surface area contributed by atoms with E-state index in [9.17, 15) is 0 Å². The number of rotatable bonds is 1. The molecule has 0 radical (unpaired) electrons. The molecule has 3 rings (SSSR count). The van der Waals surface area contributed by atoms with Crippen LogP contribution in [0.2, 0.25) is 5.15 Å². The van der Waals surface area contributed by atoms with Gasteiger partial charge in [0.25, 0.3) is 0 Å². The largest absolute Gasteiger partial charge is 0.381 e. The number of fused-ring (bicyclic) bond motifs is 1. The Morgan fingerprint density at radius 1 is 1.53 bits per heavy atom. The summed E-state index contributed by atoms with van der Waals surface area (Å²) in [5.41, 5.74) is 1.80. The van der Waals surface area contributed by atoms with Gasteiger partial charge in [0.15, 0.2) is 5.65 Å². The zero-order valence-electron chi connectivity index (χ0n) is 8.06. The second kappa shape index (κ2) is 3.47. The standard InChI is InChI=1S/C10H10ClN3O/c11-9-5-8(7-2-4-15-6-7)13-10-1-3-12-14(9)10/h1,3,5,7H,2,4,6H2. The third-order valence-electron chi connectivity index (χ3n) is 2.68. The second-order valence-corrected chi connectivity index (χ2v) is 4.05. The summed E-state index contributed by atoms with van der Waals surface area (Å²) in [6, 6.07) is 3.73. The molecular formula is C10H10ClN3O. The number of halogens is 1. The highest BCUT2D eigenvalue weighted by Crippen LogP contribution is 2.25. The van der Waals surface area contributed by atoms with Gasteiger partial charge in [0.1, 0.15) is 5.15 Å². The molecule has 5 heteroatoms. The van der Waals surface area contributed by atoms with Gasteiger partial charge in [0.2, 0.25) is 0 Å². The number of aromatic nitrogens is 3. The van der Waals surface area contributed by atoms with Crippen LogP contribution in [0.25, 0.3) is 5.65 Å². The van der Waals surface area contributed by atoms with Crippen LogP contribution >= 0.6 is 11.6 Å². The van der Waals surface area contributed by atoms with E-state index in [1.807, 2.05) is 12.1 Å². The molecule has 0 saturated carbocycles. The van der Waals surface area contributed by atoms with Gasteiger partial charge in [-0.2, -0.15) is 5.10 Å². The van der Waals surface area contributed by atoms with Crippen molar-refractivity contribution >= 4 is 17.2 Å². The summed E-state index contributed by atoms with van der Waals surface area (Å²) in [5, 5.41) is 4.68. The lowest BCUT2D eigenvalue weighted by atomic mass is 10.1. The van der Waals surface area contributed by atoms with Crippen LogP contribution < -0.4 is 0 Å². The van der Waals surface area contributed by atoms with Crippen molar-refractivity contribution in [2.75, 3.05) is 13.2 Å². The summed E-state index contributed by atoms with van der Waals surface area (Å²) in [4.78, 5) is 4.51. The Kier molecular flexibility index (Phi) is 2.11. The van der Waals surface area contributed by atoms with Crippen molar-refractivity contribution in [2.45, 2.75) is 12.3 Å². The van der Waals surface area contributed by atoms with Crippen molar-refractivity contribution < 1.29 is 4.74 Å². The van der Waals surface area contributed by atoms with Crippen molar-refractivity contribution in [3.05, 3.63) is 29.2 Å². The first-order chi connectivity index (χ1) is 7.34.